The number of nitrogen functional groups attached to an aromatic ring is 1. The molecule has 0 aliphatic carbocycles. The van der Waals surface area contributed by atoms with Gasteiger partial charge in [0, 0.05) is 43.1 Å². The minimum Gasteiger partial charge on any atom is -0.493 e. The summed E-state index contributed by atoms with van der Waals surface area (Å²) in [6.07, 6.45) is 3.33. The third-order valence-electron chi connectivity index (χ3n) is 4.96. The molecule has 0 bridgehead atoms. The molecule has 11 heteroatoms. The SMILES string of the molecule is COCC(=O)NC[C@H](C)Nc1nccc(-c2[nH]c(C(C)(C)C)nc2-c2cnc(N)c(OC)c2)n1. The highest BCUT2D eigenvalue weighted by molar-refractivity contribution is 5.78. The van der Waals surface area contributed by atoms with Crippen molar-refractivity contribution in [1.82, 2.24) is 30.2 Å². The number of carbonyl (C=O) groups excluding carboxylic acids is 1. The molecule has 3 heterocycles. The summed E-state index contributed by atoms with van der Waals surface area (Å²) in [5.41, 5.74) is 8.49. The van der Waals surface area contributed by atoms with E-state index in [0.29, 0.717) is 35.4 Å². The van der Waals surface area contributed by atoms with Gasteiger partial charge in [-0.25, -0.2) is 19.9 Å². The van der Waals surface area contributed by atoms with E-state index in [9.17, 15) is 4.79 Å². The van der Waals surface area contributed by atoms with Crippen molar-refractivity contribution in [1.29, 1.82) is 0 Å². The first kappa shape index (κ1) is 24.9. The monoisotopic (exact) mass is 468 g/mol. The number of rotatable bonds is 9. The number of hydrogen-bond donors (Lipinski definition) is 4. The van der Waals surface area contributed by atoms with E-state index in [1.54, 1.807) is 25.6 Å². The van der Waals surface area contributed by atoms with Gasteiger partial charge >= 0.3 is 0 Å². The van der Waals surface area contributed by atoms with Gasteiger partial charge in [0.25, 0.3) is 0 Å². The second kappa shape index (κ2) is 10.5. The van der Waals surface area contributed by atoms with Gasteiger partial charge in [0.1, 0.15) is 12.4 Å². The van der Waals surface area contributed by atoms with Crippen molar-refractivity contribution >= 4 is 17.7 Å². The Labute approximate surface area is 198 Å². The minimum absolute atomic E-state index is 0.0161. The number of nitrogens with zero attached hydrogens (tertiary/aromatic N) is 4. The van der Waals surface area contributed by atoms with Crippen LogP contribution in [0.1, 0.15) is 33.5 Å². The Balaban J connectivity index is 1.93. The lowest BCUT2D eigenvalue weighted by Crippen LogP contribution is -2.36. The number of hydrogen-bond acceptors (Lipinski definition) is 9. The summed E-state index contributed by atoms with van der Waals surface area (Å²) in [6.45, 7) is 8.57. The van der Waals surface area contributed by atoms with E-state index in [-0.39, 0.29) is 24.0 Å². The van der Waals surface area contributed by atoms with E-state index in [1.807, 2.05) is 13.0 Å². The molecule has 1 amide bonds. The van der Waals surface area contributed by atoms with Gasteiger partial charge in [-0.2, -0.15) is 0 Å². The molecule has 0 aromatic carbocycles. The Morgan fingerprint density at radius 2 is 2.00 bits per heavy atom. The highest BCUT2D eigenvalue weighted by atomic mass is 16.5. The Kier molecular flexibility index (Phi) is 7.67. The highest BCUT2D eigenvalue weighted by Gasteiger charge is 2.24. The van der Waals surface area contributed by atoms with E-state index in [4.69, 9.17) is 20.2 Å². The summed E-state index contributed by atoms with van der Waals surface area (Å²) in [4.78, 5) is 33.2. The van der Waals surface area contributed by atoms with Crippen molar-refractivity contribution in [2.45, 2.75) is 39.2 Å². The van der Waals surface area contributed by atoms with E-state index < -0.39 is 0 Å². The quantitative estimate of drug-likeness (QED) is 0.371. The standard InChI is InChI=1S/C23H32N8O3/c1-13(10-26-17(32)12-33-5)28-22-25-8-7-15(29-22)19-18(30-21(31-19)23(2,3)4)14-9-16(34-6)20(24)27-11-14/h7-9,11,13H,10,12H2,1-6H3,(H2,24,27)(H,26,32)(H,30,31)(H,25,28,29)/t13-/m0/s1. The van der Waals surface area contributed by atoms with Crippen molar-refractivity contribution in [3.05, 3.63) is 30.4 Å². The molecule has 3 aromatic heterocycles. The minimum atomic E-state index is -0.221. The number of carbonyl (C=O) groups is 1. The van der Waals surface area contributed by atoms with Gasteiger partial charge in [-0.05, 0) is 19.1 Å². The number of ether oxygens (including phenoxy) is 2. The third-order valence-corrected chi connectivity index (χ3v) is 4.96. The van der Waals surface area contributed by atoms with Crippen molar-refractivity contribution in [3.63, 3.8) is 0 Å². The number of anilines is 2. The predicted molar refractivity (Wildman–Crippen MR) is 130 cm³/mol. The second-order valence-corrected chi connectivity index (χ2v) is 8.92. The van der Waals surface area contributed by atoms with Crippen LogP contribution in [0.25, 0.3) is 22.6 Å². The zero-order chi connectivity index (χ0) is 24.9. The molecule has 5 N–H and O–H groups in total. The van der Waals surface area contributed by atoms with Crippen LogP contribution in [0.2, 0.25) is 0 Å². The molecule has 0 aliphatic heterocycles. The Bertz CT molecular complexity index is 1140. The van der Waals surface area contributed by atoms with Crippen LogP contribution >= 0.6 is 0 Å². The van der Waals surface area contributed by atoms with Crippen LogP contribution in [0.4, 0.5) is 11.8 Å². The maximum atomic E-state index is 11.6. The van der Waals surface area contributed by atoms with Crippen molar-refractivity contribution in [2.24, 2.45) is 0 Å². The number of nitrogens with two attached hydrogens (primary N) is 1. The number of pyridine rings is 1. The number of amides is 1. The van der Waals surface area contributed by atoms with Crippen molar-refractivity contribution < 1.29 is 14.3 Å². The molecule has 0 saturated carbocycles. The summed E-state index contributed by atoms with van der Waals surface area (Å²) in [7, 11) is 3.02. The summed E-state index contributed by atoms with van der Waals surface area (Å²) >= 11 is 0. The van der Waals surface area contributed by atoms with Gasteiger partial charge in [-0.15, -0.1) is 0 Å². The molecule has 0 fully saturated rings. The average Bonchev–Trinajstić information content (AvgIpc) is 3.25. The van der Waals surface area contributed by atoms with Gasteiger partial charge in [-0.3, -0.25) is 4.79 Å². The number of aromatic nitrogens is 5. The van der Waals surface area contributed by atoms with Crippen LogP contribution in [0.5, 0.6) is 5.75 Å². The average molecular weight is 469 g/mol. The molecule has 0 unspecified atom stereocenters. The zero-order valence-corrected chi connectivity index (χ0v) is 20.4. The fourth-order valence-corrected chi connectivity index (χ4v) is 3.16. The van der Waals surface area contributed by atoms with Gasteiger partial charge < -0.3 is 30.8 Å². The van der Waals surface area contributed by atoms with Gasteiger partial charge in [0.05, 0.1) is 24.2 Å². The molecule has 1 atom stereocenters. The van der Waals surface area contributed by atoms with Gasteiger partial charge in [0.15, 0.2) is 11.6 Å². The molecular weight excluding hydrogens is 436 g/mol. The number of nitrogens with one attached hydrogen (secondary N) is 3. The second-order valence-electron chi connectivity index (χ2n) is 8.92. The van der Waals surface area contributed by atoms with Crippen LogP contribution in [0, 0.1) is 0 Å². The Hall–Kier alpha value is -3.73. The molecule has 182 valence electrons. The zero-order valence-electron chi connectivity index (χ0n) is 20.4. The van der Waals surface area contributed by atoms with E-state index in [0.717, 1.165) is 17.1 Å². The lowest BCUT2D eigenvalue weighted by atomic mass is 9.96. The molecule has 0 spiro atoms. The molecule has 0 aliphatic rings. The smallest absolute Gasteiger partial charge is 0.246 e. The van der Waals surface area contributed by atoms with Crippen LogP contribution in [0.3, 0.4) is 0 Å². The summed E-state index contributed by atoms with van der Waals surface area (Å²) in [5, 5.41) is 6.00. The van der Waals surface area contributed by atoms with Gasteiger partial charge in [0.2, 0.25) is 11.9 Å². The molecule has 34 heavy (non-hydrogen) atoms. The lowest BCUT2D eigenvalue weighted by molar-refractivity contribution is -0.124. The largest absolute Gasteiger partial charge is 0.493 e. The molecular formula is C23H32N8O3. The molecule has 11 nitrogen and oxygen atoms in total. The normalized spacial score (nSPS) is 12.3. The lowest BCUT2D eigenvalue weighted by Gasteiger charge is -2.15. The molecule has 3 rings (SSSR count). The fraction of sp³-hybridized carbons (Fsp3) is 0.435. The maximum absolute atomic E-state index is 11.6. The highest BCUT2D eigenvalue weighted by Crippen LogP contribution is 2.34. The van der Waals surface area contributed by atoms with Crippen LogP contribution < -0.4 is 21.1 Å². The van der Waals surface area contributed by atoms with Crippen LogP contribution in [-0.4, -0.2) is 64.2 Å². The first-order valence-electron chi connectivity index (χ1n) is 10.9. The fourth-order valence-electron chi connectivity index (χ4n) is 3.16. The number of methoxy groups -OCH3 is 2. The first-order valence-corrected chi connectivity index (χ1v) is 10.9. The van der Waals surface area contributed by atoms with E-state index in [1.165, 1.54) is 7.11 Å². The summed E-state index contributed by atoms with van der Waals surface area (Å²) in [5.74, 6) is 1.82. The van der Waals surface area contributed by atoms with E-state index in [2.05, 4.69) is 51.3 Å². The van der Waals surface area contributed by atoms with E-state index >= 15 is 0 Å². The maximum Gasteiger partial charge on any atom is 0.246 e. The van der Waals surface area contributed by atoms with Crippen molar-refractivity contribution in [3.8, 4) is 28.4 Å². The van der Waals surface area contributed by atoms with Gasteiger partial charge in [-0.1, -0.05) is 20.8 Å². The summed E-state index contributed by atoms with van der Waals surface area (Å²) in [6, 6.07) is 3.51. The topological polar surface area (TPSA) is 153 Å². The number of aromatic amines is 1. The molecule has 0 radical (unpaired) electrons. The Morgan fingerprint density at radius 3 is 2.68 bits per heavy atom. The number of imidazole rings is 1. The number of H-pyrrole nitrogens is 1. The predicted octanol–water partition coefficient (Wildman–Crippen LogP) is 2.38. The molecule has 3 aromatic rings. The van der Waals surface area contributed by atoms with Crippen LogP contribution in [-0.2, 0) is 14.9 Å². The Morgan fingerprint density at radius 1 is 1.24 bits per heavy atom. The molecule has 0 saturated heterocycles. The summed E-state index contributed by atoms with van der Waals surface area (Å²) < 4.78 is 10.2. The first-order chi connectivity index (χ1) is 16.1. The third kappa shape index (κ3) is 5.98. The van der Waals surface area contributed by atoms with Crippen molar-refractivity contribution in [2.75, 3.05) is 38.4 Å². The van der Waals surface area contributed by atoms with Crippen LogP contribution in [0.15, 0.2) is 24.5 Å².